The van der Waals surface area contributed by atoms with Gasteiger partial charge in [-0.1, -0.05) is 55.5 Å². The minimum Gasteiger partial charge on any atom is -0.312 e. The van der Waals surface area contributed by atoms with E-state index in [1.54, 1.807) is 11.1 Å². The van der Waals surface area contributed by atoms with Crippen molar-refractivity contribution in [3.8, 4) is 0 Å². The molecule has 1 nitrogen and oxygen atoms in total. The molecule has 0 spiro atoms. The fourth-order valence-electron chi connectivity index (χ4n) is 3.74. The first-order valence-electron chi connectivity index (χ1n) is 8.17. The lowest BCUT2D eigenvalue weighted by Gasteiger charge is -2.33. The Morgan fingerprint density at radius 1 is 1.14 bits per heavy atom. The Morgan fingerprint density at radius 3 is 2.81 bits per heavy atom. The lowest BCUT2D eigenvalue weighted by atomic mass is 9.76. The van der Waals surface area contributed by atoms with Crippen LogP contribution in [0, 0.1) is 0 Å². The van der Waals surface area contributed by atoms with Gasteiger partial charge < -0.3 is 5.32 Å². The standard InChI is InChI=1S/C20H25N/c1-3-15-8-6-11-17(14-15)20(21-2)19-13-7-10-16-9-4-5-12-18(16)19/h4-6,8-9,11-12,14,19-21H,3,7,10,13H2,1-2H3. The van der Waals surface area contributed by atoms with Crippen molar-refractivity contribution < 1.29 is 0 Å². The highest BCUT2D eigenvalue weighted by Gasteiger charge is 2.27. The third-order valence-electron chi connectivity index (χ3n) is 4.85. The fourth-order valence-corrected chi connectivity index (χ4v) is 3.74. The van der Waals surface area contributed by atoms with Crippen LogP contribution in [0.25, 0.3) is 0 Å². The first-order chi connectivity index (χ1) is 10.3. The maximum atomic E-state index is 3.58. The van der Waals surface area contributed by atoms with Gasteiger partial charge in [0.1, 0.15) is 0 Å². The van der Waals surface area contributed by atoms with E-state index in [2.05, 4.69) is 67.8 Å². The maximum absolute atomic E-state index is 3.58. The molecule has 110 valence electrons. The van der Waals surface area contributed by atoms with E-state index in [1.807, 2.05) is 0 Å². The van der Waals surface area contributed by atoms with Gasteiger partial charge in [-0.15, -0.1) is 0 Å². The van der Waals surface area contributed by atoms with Gasteiger partial charge in [-0.05, 0) is 55.0 Å². The Hall–Kier alpha value is -1.60. The normalized spacial score (nSPS) is 19.0. The average molecular weight is 279 g/mol. The molecule has 0 radical (unpaired) electrons. The summed E-state index contributed by atoms with van der Waals surface area (Å²) in [5, 5.41) is 3.58. The topological polar surface area (TPSA) is 12.0 Å². The second-order valence-electron chi connectivity index (χ2n) is 6.06. The number of hydrogen-bond acceptors (Lipinski definition) is 1. The number of rotatable bonds is 4. The number of aryl methyl sites for hydroxylation is 2. The minimum absolute atomic E-state index is 0.415. The van der Waals surface area contributed by atoms with E-state index in [-0.39, 0.29) is 0 Å². The molecule has 2 atom stereocenters. The van der Waals surface area contributed by atoms with Gasteiger partial charge in [0.2, 0.25) is 0 Å². The van der Waals surface area contributed by atoms with Crippen molar-refractivity contribution in [3.63, 3.8) is 0 Å². The molecule has 1 aliphatic carbocycles. The van der Waals surface area contributed by atoms with Crippen LogP contribution < -0.4 is 5.32 Å². The van der Waals surface area contributed by atoms with E-state index in [1.165, 1.54) is 30.4 Å². The molecular formula is C20H25N. The van der Waals surface area contributed by atoms with Crippen molar-refractivity contribution in [1.29, 1.82) is 0 Å². The summed E-state index contributed by atoms with van der Waals surface area (Å²) in [5.41, 5.74) is 5.95. The molecule has 3 rings (SSSR count). The molecule has 0 fully saturated rings. The predicted octanol–water partition coefficient (Wildman–Crippen LogP) is 4.63. The Morgan fingerprint density at radius 2 is 2.00 bits per heavy atom. The van der Waals surface area contributed by atoms with Crippen molar-refractivity contribution in [2.24, 2.45) is 0 Å². The molecule has 0 aliphatic heterocycles. The Kier molecular flexibility index (Phi) is 4.40. The van der Waals surface area contributed by atoms with E-state index >= 15 is 0 Å². The third-order valence-corrected chi connectivity index (χ3v) is 4.85. The van der Waals surface area contributed by atoms with Crippen LogP contribution in [0.2, 0.25) is 0 Å². The zero-order valence-corrected chi connectivity index (χ0v) is 13.1. The highest BCUT2D eigenvalue weighted by Crippen LogP contribution is 2.40. The van der Waals surface area contributed by atoms with Crippen molar-refractivity contribution >= 4 is 0 Å². The van der Waals surface area contributed by atoms with Crippen LogP contribution in [0.5, 0.6) is 0 Å². The molecular weight excluding hydrogens is 254 g/mol. The highest BCUT2D eigenvalue weighted by atomic mass is 14.9. The van der Waals surface area contributed by atoms with Crippen LogP contribution in [-0.2, 0) is 12.8 Å². The first-order valence-corrected chi connectivity index (χ1v) is 8.17. The summed E-state index contributed by atoms with van der Waals surface area (Å²) in [5.74, 6) is 0.590. The van der Waals surface area contributed by atoms with Gasteiger partial charge in [0.05, 0.1) is 0 Å². The van der Waals surface area contributed by atoms with Crippen LogP contribution in [-0.4, -0.2) is 7.05 Å². The summed E-state index contributed by atoms with van der Waals surface area (Å²) in [6.45, 7) is 2.23. The second kappa shape index (κ2) is 6.44. The zero-order valence-electron chi connectivity index (χ0n) is 13.1. The van der Waals surface area contributed by atoms with E-state index in [0.717, 1.165) is 6.42 Å². The Bertz CT molecular complexity index is 602. The molecule has 0 amide bonds. The van der Waals surface area contributed by atoms with Crippen molar-refractivity contribution in [2.45, 2.75) is 44.6 Å². The van der Waals surface area contributed by atoms with Crippen LogP contribution >= 0.6 is 0 Å². The molecule has 2 aromatic rings. The van der Waals surface area contributed by atoms with E-state index in [9.17, 15) is 0 Å². The van der Waals surface area contributed by atoms with Gasteiger partial charge in [-0.3, -0.25) is 0 Å². The summed E-state index contributed by atoms with van der Waals surface area (Å²) in [6.07, 6.45) is 4.91. The van der Waals surface area contributed by atoms with E-state index < -0.39 is 0 Å². The molecule has 0 heterocycles. The third kappa shape index (κ3) is 2.89. The van der Waals surface area contributed by atoms with Gasteiger partial charge in [0.15, 0.2) is 0 Å². The maximum Gasteiger partial charge on any atom is 0.0387 e. The number of benzene rings is 2. The number of hydrogen-bond donors (Lipinski definition) is 1. The largest absolute Gasteiger partial charge is 0.312 e. The molecule has 1 N–H and O–H groups in total. The van der Waals surface area contributed by atoms with Gasteiger partial charge in [0.25, 0.3) is 0 Å². The molecule has 2 unspecified atom stereocenters. The number of likely N-dealkylation sites (N-methyl/N-ethyl adjacent to an activating group) is 1. The molecule has 1 aliphatic rings. The van der Waals surface area contributed by atoms with Crippen molar-refractivity contribution in [2.75, 3.05) is 7.05 Å². The molecule has 21 heavy (non-hydrogen) atoms. The van der Waals surface area contributed by atoms with Gasteiger partial charge in [0, 0.05) is 12.0 Å². The summed E-state index contributed by atoms with van der Waals surface area (Å²) < 4.78 is 0. The lowest BCUT2D eigenvalue weighted by molar-refractivity contribution is 0.425. The summed E-state index contributed by atoms with van der Waals surface area (Å²) in [4.78, 5) is 0. The molecule has 0 aromatic heterocycles. The van der Waals surface area contributed by atoms with Crippen LogP contribution in [0.4, 0.5) is 0 Å². The first kappa shape index (κ1) is 14.3. The molecule has 0 saturated carbocycles. The van der Waals surface area contributed by atoms with Crippen molar-refractivity contribution in [3.05, 3.63) is 70.8 Å². The molecule has 0 bridgehead atoms. The number of fused-ring (bicyclic) bond motifs is 1. The fraction of sp³-hybridized carbons (Fsp3) is 0.400. The van der Waals surface area contributed by atoms with Crippen LogP contribution in [0.3, 0.4) is 0 Å². The summed E-state index contributed by atoms with van der Waals surface area (Å²) >= 11 is 0. The lowest BCUT2D eigenvalue weighted by Crippen LogP contribution is -2.26. The van der Waals surface area contributed by atoms with E-state index in [4.69, 9.17) is 0 Å². The second-order valence-corrected chi connectivity index (χ2v) is 6.06. The Balaban J connectivity index is 1.97. The minimum atomic E-state index is 0.415. The summed E-state index contributed by atoms with van der Waals surface area (Å²) in [6, 6.07) is 18.5. The monoisotopic (exact) mass is 279 g/mol. The predicted molar refractivity (Wildman–Crippen MR) is 89.7 cm³/mol. The molecule has 0 saturated heterocycles. The molecule has 2 aromatic carbocycles. The van der Waals surface area contributed by atoms with Crippen molar-refractivity contribution in [1.82, 2.24) is 5.32 Å². The zero-order chi connectivity index (χ0) is 14.7. The quantitative estimate of drug-likeness (QED) is 0.860. The van der Waals surface area contributed by atoms with Gasteiger partial charge in [-0.2, -0.15) is 0 Å². The summed E-state index contributed by atoms with van der Waals surface area (Å²) in [7, 11) is 2.10. The van der Waals surface area contributed by atoms with Gasteiger partial charge >= 0.3 is 0 Å². The Labute approximate surface area is 128 Å². The smallest absolute Gasteiger partial charge is 0.0387 e. The number of nitrogens with one attached hydrogen (secondary N) is 1. The SMILES string of the molecule is CCc1cccc(C(NC)C2CCCc3ccccc32)c1. The highest BCUT2D eigenvalue weighted by molar-refractivity contribution is 5.37. The average Bonchev–Trinajstić information content (AvgIpc) is 2.56. The van der Waals surface area contributed by atoms with Gasteiger partial charge in [-0.25, -0.2) is 0 Å². The van der Waals surface area contributed by atoms with E-state index in [0.29, 0.717) is 12.0 Å². The molecule has 1 heteroatoms. The van der Waals surface area contributed by atoms with Crippen LogP contribution in [0.1, 0.15) is 54.0 Å². The van der Waals surface area contributed by atoms with Crippen LogP contribution in [0.15, 0.2) is 48.5 Å².